The first kappa shape index (κ1) is 25.3. The molecule has 2 aliphatic heterocycles. The average molecular weight is 463 g/mol. The van der Waals surface area contributed by atoms with Crippen molar-refractivity contribution in [1.29, 1.82) is 0 Å². The Morgan fingerprint density at radius 1 is 0.647 bits per heavy atom. The number of anilines is 2. The molecule has 0 saturated carbocycles. The molecule has 34 heavy (non-hydrogen) atoms. The van der Waals surface area contributed by atoms with Crippen molar-refractivity contribution in [3.8, 4) is 0 Å². The molecule has 0 aromatic heterocycles. The fraction of sp³-hybridized carbons (Fsp3) is 0.429. The Hall–Kier alpha value is -3.28. The van der Waals surface area contributed by atoms with E-state index in [4.69, 9.17) is 0 Å². The first-order valence-electron chi connectivity index (χ1n) is 11.6. The van der Waals surface area contributed by atoms with E-state index in [0.717, 1.165) is 11.1 Å². The third-order valence-corrected chi connectivity index (χ3v) is 6.77. The molecule has 2 heterocycles. The van der Waals surface area contributed by atoms with E-state index < -0.39 is 0 Å². The molecule has 0 N–H and O–H groups in total. The quantitative estimate of drug-likeness (QED) is 0.567. The van der Waals surface area contributed by atoms with Gasteiger partial charge in [0.15, 0.2) is 0 Å². The first-order valence-corrected chi connectivity index (χ1v) is 11.6. The van der Waals surface area contributed by atoms with Gasteiger partial charge in [0.2, 0.25) is 23.6 Å². The van der Waals surface area contributed by atoms with Crippen LogP contribution in [0.4, 0.5) is 11.4 Å². The van der Waals surface area contributed by atoms with Crippen LogP contribution in [0.15, 0.2) is 48.5 Å². The van der Waals surface area contributed by atoms with Crippen molar-refractivity contribution >= 4 is 35.0 Å². The molecule has 2 unspecified atom stereocenters. The van der Waals surface area contributed by atoms with E-state index >= 15 is 0 Å². The molecule has 2 aliphatic rings. The lowest BCUT2D eigenvalue weighted by molar-refractivity contribution is -0.124. The van der Waals surface area contributed by atoms with Gasteiger partial charge in [0.05, 0.1) is 23.2 Å². The number of carbonyl (C=O) groups is 4. The number of carbonyl (C=O) groups excluding carboxylic acids is 4. The molecule has 2 fully saturated rings. The van der Waals surface area contributed by atoms with Gasteiger partial charge in [0.1, 0.15) is 0 Å². The highest BCUT2D eigenvalue weighted by atomic mass is 16.2. The van der Waals surface area contributed by atoms with Gasteiger partial charge in [0, 0.05) is 12.8 Å². The molecule has 6 heteroatoms. The highest BCUT2D eigenvalue weighted by Gasteiger charge is 2.41. The fourth-order valence-electron chi connectivity index (χ4n) is 4.66. The summed E-state index contributed by atoms with van der Waals surface area (Å²) in [7, 11) is 0. The zero-order valence-corrected chi connectivity index (χ0v) is 19.6. The average Bonchev–Trinajstić information content (AvgIpc) is 3.24. The Labute approximate surface area is 201 Å². The molecule has 0 spiro atoms. The molecule has 2 aromatic rings. The zero-order valence-electron chi connectivity index (χ0n) is 19.6. The Kier molecular flexibility index (Phi) is 7.39. The van der Waals surface area contributed by atoms with E-state index in [2.05, 4.69) is 0 Å². The summed E-state index contributed by atoms with van der Waals surface area (Å²) in [5, 5.41) is 0. The van der Waals surface area contributed by atoms with Crippen molar-refractivity contribution in [2.24, 2.45) is 23.7 Å². The minimum Gasteiger partial charge on any atom is -0.274 e. The SMILES string of the molecule is C.CC(C)C1CC(=O)N(c2ccc(Cc3ccc(N4C(=O)CC(C(C)C)C4=O)cc3)cc2)C1=O. The second-order valence-corrected chi connectivity index (χ2v) is 9.75. The molecule has 2 saturated heterocycles. The van der Waals surface area contributed by atoms with Gasteiger partial charge in [-0.25, -0.2) is 0 Å². The smallest absolute Gasteiger partial charge is 0.237 e. The number of hydrogen-bond acceptors (Lipinski definition) is 4. The normalized spacial score (nSPS) is 20.6. The van der Waals surface area contributed by atoms with Gasteiger partial charge in [-0.05, 0) is 53.6 Å². The Balaban J connectivity index is 0.00000324. The van der Waals surface area contributed by atoms with Crippen molar-refractivity contribution in [2.45, 2.75) is 54.4 Å². The van der Waals surface area contributed by atoms with Gasteiger partial charge in [-0.2, -0.15) is 0 Å². The van der Waals surface area contributed by atoms with Gasteiger partial charge < -0.3 is 0 Å². The van der Waals surface area contributed by atoms with Crippen molar-refractivity contribution in [3.63, 3.8) is 0 Å². The van der Waals surface area contributed by atoms with Crippen molar-refractivity contribution in [2.75, 3.05) is 9.80 Å². The van der Waals surface area contributed by atoms with E-state index in [1.807, 2.05) is 76.2 Å². The summed E-state index contributed by atoms with van der Waals surface area (Å²) >= 11 is 0. The third kappa shape index (κ3) is 4.67. The maximum atomic E-state index is 12.6. The van der Waals surface area contributed by atoms with Gasteiger partial charge in [0.25, 0.3) is 0 Å². The monoisotopic (exact) mass is 462 g/mol. The van der Waals surface area contributed by atoms with Crippen LogP contribution in [0.3, 0.4) is 0 Å². The molecule has 2 atom stereocenters. The fourth-order valence-corrected chi connectivity index (χ4v) is 4.66. The lowest BCUT2D eigenvalue weighted by atomic mass is 9.94. The molecule has 180 valence electrons. The minimum absolute atomic E-state index is 0. The van der Waals surface area contributed by atoms with Gasteiger partial charge >= 0.3 is 0 Å². The first-order chi connectivity index (χ1) is 15.7. The van der Waals surface area contributed by atoms with Crippen LogP contribution in [0.2, 0.25) is 0 Å². The van der Waals surface area contributed by atoms with Crippen LogP contribution in [-0.2, 0) is 25.6 Å². The van der Waals surface area contributed by atoms with Crippen molar-refractivity contribution < 1.29 is 19.2 Å². The lowest BCUT2D eigenvalue weighted by Crippen LogP contribution is -2.31. The minimum atomic E-state index is -0.249. The number of benzene rings is 2. The highest BCUT2D eigenvalue weighted by molar-refractivity contribution is 6.21. The standard InChI is InChI=1S/C27H30N2O4.CH4/c1-16(2)22-14-24(30)28(26(22)32)20-9-5-18(6-10-20)13-19-7-11-21(12-8-19)29-25(31)15-23(17(3)4)27(29)33;/h5-12,16-17,22-23H,13-15H2,1-4H3;1H4. The van der Waals surface area contributed by atoms with Crippen LogP contribution in [-0.4, -0.2) is 23.6 Å². The summed E-state index contributed by atoms with van der Waals surface area (Å²) in [6.45, 7) is 7.86. The summed E-state index contributed by atoms with van der Waals surface area (Å²) in [4.78, 5) is 52.6. The largest absolute Gasteiger partial charge is 0.274 e. The van der Waals surface area contributed by atoms with Crippen LogP contribution in [0.5, 0.6) is 0 Å². The molecule has 4 amide bonds. The summed E-state index contributed by atoms with van der Waals surface area (Å²) in [5.41, 5.74) is 3.30. The number of rotatable bonds is 6. The van der Waals surface area contributed by atoms with Crippen molar-refractivity contribution in [1.82, 2.24) is 0 Å². The number of amides is 4. The molecular formula is C28H34N2O4. The highest BCUT2D eigenvalue weighted by Crippen LogP contribution is 2.32. The maximum absolute atomic E-state index is 12.6. The predicted molar refractivity (Wildman–Crippen MR) is 133 cm³/mol. The summed E-state index contributed by atoms with van der Waals surface area (Å²) < 4.78 is 0. The molecule has 0 bridgehead atoms. The van der Waals surface area contributed by atoms with Crippen LogP contribution < -0.4 is 9.80 Å². The molecule has 2 aromatic carbocycles. The molecule has 4 rings (SSSR count). The molecule has 6 nitrogen and oxygen atoms in total. The van der Waals surface area contributed by atoms with Gasteiger partial charge in [-0.3, -0.25) is 29.0 Å². The van der Waals surface area contributed by atoms with E-state index in [9.17, 15) is 19.2 Å². The zero-order chi connectivity index (χ0) is 23.9. The van der Waals surface area contributed by atoms with E-state index in [-0.39, 0.29) is 67.6 Å². The van der Waals surface area contributed by atoms with Crippen LogP contribution in [0.25, 0.3) is 0 Å². The molecule has 0 aliphatic carbocycles. The second kappa shape index (κ2) is 9.92. The Bertz CT molecular complexity index is 999. The summed E-state index contributed by atoms with van der Waals surface area (Å²) in [6.07, 6.45) is 1.20. The molecule has 0 radical (unpaired) electrons. The second-order valence-electron chi connectivity index (χ2n) is 9.75. The lowest BCUT2D eigenvalue weighted by Gasteiger charge is -2.17. The maximum Gasteiger partial charge on any atom is 0.237 e. The van der Waals surface area contributed by atoms with Gasteiger partial charge in [-0.15, -0.1) is 0 Å². The Morgan fingerprint density at radius 2 is 0.971 bits per heavy atom. The number of hydrogen-bond donors (Lipinski definition) is 0. The summed E-state index contributed by atoms with van der Waals surface area (Å²) in [6, 6.07) is 15.0. The molecular weight excluding hydrogens is 428 g/mol. The van der Waals surface area contributed by atoms with Crippen LogP contribution >= 0.6 is 0 Å². The van der Waals surface area contributed by atoms with E-state index in [0.29, 0.717) is 17.8 Å². The third-order valence-electron chi connectivity index (χ3n) is 6.77. The number of imide groups is 2. The Morgan fingerprint density at radius 3 is 1.24 bits per heavy atom. The summed E-state index contributed by atoms with van der Waals surface area (Å²) in [5.74, 6) is -0.762. The number of nitrogens with zero attached hydrogens (tertiary/aromatic N) is 2. The van der Waals surface area contributed by atoms with Crippen LogP contribution in [0, 0.1) is 23.7 Å². The van der Waals surface area contributed by atoms with Gasteiger partial charge in [-0.1, -0.05) is 59.4 Å². The predicted octanol–water partition coefficient (Wildman–Crippen LogP) is 4.98. The van der Waals surface area contributed by atoms with Crippen LogP contribution in [0.1, 0.15) is 59.1 Å². The van der Waals surface area contributed by atoms with E-state index in [1.165, 1.54) is 9.80 Å². The van der Waals surface area contributed by atoms with E-state index in [1.54, 1.807) is 0 Å². The van der Waals surface area contributed by atoms with Crippen molar-refractivity contribution in [3.05, 3.63) is 59.7 Å². The topological polar surface area (TPSA) is 74.8 Å².